The number of hydrogen-bond acceptors (Lipinski definition) is 3. The van der Waals surface area contributed by atoms with Gasteiger partial charge >= 0.3 is 0 Å². The SMILES string of the molecule is CN(C)c1ccc(C(=O)Nc2cncc(Br)c2)cc1. The van der Waals surface area contributed by atoms with E-state index >= 15 is 0 Å². The Hall–Kier alpha value is -1.88. The van der Waals surface area contributed by atoms with Crippen LogP contribution in [-0.4, -0.2) is 25.0 Å². The first-order valence-electron chi connectivity index (χ1n) is 5.75. The number of nitrogens with zero attached hydrogens (tertiary/aromatic N) is 2. The van der Waals surface area contributed by atoms with Gasteiger partial charge < -0.3 is 10.2 Å². The van der Waals surface area contributed by atoms with Crippen LogP contribution in [0.15, 0.2) is 47.2 Å². The first-order chi connectivity index (χ1) is 9.06. The summed E-state index contributed by atoms with van der Waals surface area (Å²) in [6.07, 6.45) is 3.28. The lowest BCUT2D eigenvalue weighted by Crippen LogP contribution is -2.13. The van der Waals surface area contributed by atoms with Gasteiger partial charge in [-0.15, -0.1) is 0 Å². The molecule has 5 heteroatoms. The molecular weight excluding hydrogens is 306 g/mol. The molecule has 0 fully saturated rings. The van der Waals surface area contributed by atoms with Crippen LogP contribution in [0.4, 0.5) is 11.4 Å². The molecule has 0 aliphatic carbocycles. The average Bonchev–Trinajstić information content (AvgIpc) is 2.39. The van der Waals surface area contributed by atoms with E-state index in [0.717, 1.165) is 10.2 Å². The molecule has 0 saturated heterocycles. The monoisotopic (exact) mass is 319 g/mol. The van der Waals surface area contributed by atoms with Crippen LogP contribution in [0.2, 0.25) is 0 Å². The Labute approximate surface area is 120 Å². The predicted octanol–water partition coefficient (Wildman–Crippen LogP) is 3.16. The highest BCUT2D eigenvalue weighted by Crippen LogP contribution is 2.16. The third-order valence-electron chi connectivity index (χ3n) is 2.61. The molecule has 19 heavy (non-hydrogen) atoms. The molecule has 0 aliphatic heterocycles. The highest BCUT2D eigenvalue weighted by atomic mass is 79.9. The van der Waals surface area contributed by atoms with Gasteiger partial charge in [0.05, 0.1) is 11.9 Å². The fourth-order valence-electron chi connectivity index (χ4n) is 1.59. The van der Waals surface area contributed by atoms with Crippen molar-refractivity contribution in [3.63, 3.8) is 0 Å². The van der Waals surface area contributed by atoms with Crippen LogP contribution in [0.3, 0.4) is 0 Å². The zero-order chi connectivity index (χ0) is 13.8. The quantitative estimate of drug-likeness (QED) is 0.945. The number of aromatic nitrogens is 1. The molecule has 1 aromatic carbocycles. The lowest BCUT2D eigenvalue weighted by Gasteiger charge is -2.12. The molecule has 0 bridgehead atoms. The smallest absolute Gasteiger partial charge is 0.255 e. The largest absolute Gasteiger partial charge is 0.378 e. The Morgan fingerprint density at radius 1 is 1.21 bits per heavy atom. The number of nitrogens with one attached hydrogen (secondary N) is 1. The van der Waals surface area contributed by atoms with Crippen molar-refractivity contribution in [1.29, 1.82) is 0 Å². The fourth-order valence-corrected chi connectivity index (χ4v) is 1.96. The molecule has 1 heterocycles. The van der Waals surface area contributed by atoms with Gasteiger partial charge in [0.25, 0.3) is 5.91 Å². The summed E-state index contributed by atoms with van der Waals surface area (Å²) in [5.41, 5.74) is 2.34. The maximum absolute atomic E-state index is 12.0. The Balaban J connectivity index is 2.11. The van der Waals surface area contributed by atoms with Crippen LogP contribution in [0.5, 0.6) is 0 Å². The van der Waals surface area contributed by atoms with E-state index in [1.807, 2.05) is 31.1 Å². The Morgan fingerprint density at radius 2 is 1.89 bits per heavy atom. The van der Waals surface area contributed by atoms with Gasteiger partial charge in [-0.1, -0.05) is 0 Å². The third kappa shape index (κ3) is 3.54. The number of benzene rings is 1. The molecule has 0 atom stereocenters. The van der Waals surface area contributed by atoms with Crippen molar-refractivity contribution in [1.82, 2.24) is 4.98 Å². The average molecular weight is 320 g/mol. The van der Waals surface area contributed by atoms with E-state index in [4.69, 9.17) is 0 Å². The Kier molecular flexibility index (Phi) is 4.16. The molecule has 4 nitrogen and oxygen atoms in total. The summed E-state index contributed by atoms with van der Waals surface area (Å²) in [5.74, 6) is -0.148. The van der Waals surface area contributed by atoms with Gasteiger partial charge in [0.1, 0.15) is 0 Å². The Morgan fingerprint density at radius 3 is 2.47 bits per heavy atom. The van der Waals surface area contributed by atoms with E-state index in [1.165, 1.54) is 0 Å². The predicted molar refractivity (Wildman–Crippen MR) is 80.7 cm³/mol. The van der Waals surface area contributed by atoms with Crippen molar-refractivity contribution in [2.24, 2.45) is 0 Å². The van der Waals surface area contributed by atoms with Crippen LogP contribution in [0.1, 0.15) is 10.4 Å². The number of pyridine rings is 1. The first-order valence-corrected chi connectivity index (χ1v) is 6.55. The zero-order valence-electron chi connectivity index (χ0n) is 10.7. The van der Waals surface area contributed by atoms with E-state index in [9.17, 15) is 4.79 Å². The van der Waals surface area contributed by atoms with E-state index in [1.54, 1.807) is 30.6 Å². The van der Waals surface area contributed by atoms with Crippen molar-refractivity contribution < 1.29 is 4.79 Å². The number of amides is 1. The molecule has 98 valence electrons. The molecule has 0 unspecified atom stereocenters. The number of hydrogen-bond donors (Lipinski definition) is 1. The van der Waals surface area contributed by atoms with Crippen LogP contribution in [-0.2, 0) is 0 Å². The number of carbonyl (C=O) groups excluding carboxylic acids is 1. The summed E-state index contributed by atoms with van der Waals surface area (Å²) in [4.78, 5) is 18.0. The van der Waals surface area contributed by atoms with Gasteiger partial charge in [-0.2, -0.15) is 0 Å². The van der Waals surface area contributed by atoms with Gasteiger partial charge in [-0.05, 0) is 46.3 Å². The molecule has 2 aromatic rings. The maximum atomic E-state index is 12.0. The molecule has 0 saturated carbocycles. The molecular formula is C14H14BrN3O. The fraction of sp³-hybridized carbons (Fsp3) is 0.143. The molecule has 0 spiro atoms. The third-order valence-corrected chi connectivity index (χ3v) is 3.04. The summed E-state index contributed by atoms with van der Waals surface area (Å²) in [6, 6.07) is 9.23. The topological polar surface area (TPSA) is 45.2 Å². The summed E-state index contributed by atoms with van der Waals surface area (Å²) in [7, 11) is 3.92. The minimum absolute atomic E-state index is 0.148. The van der Waals surface area contributed by atoms with E-state index in [-0.39, 0.29) is 5.91 Å². The zero-order valence-corrected chi connectivity index (χ0v) is 12.3. The Bertz CT molecular complexity index is 581. The van der Waals surface area contributed by atoms with E-state index < -0.39 is 0 Å². The maximum Gasteiger partial charge on any atom is 0.255 e. The summed E-state index contributed by atoms with van der Waals surface area (Å²) >= 11 is 3.31. The van der Waals surface area contributed by atoms with Crippen molar-refractivity contribution >= 4 is 33.2 Å². The van der Waals surface area contributed by atoms with Crippen LogP contribution in [0, 0.1) is 0 Å². The standard InChI is InChI=1S/C14H14BrN3O/c1-18(2)13-5-3-10(4-6-13)14(19)17-12-7-11(15)8-16-9-12/h3-9H,1-2H3,(H,17,19). The molecule has 0 radical (unpaired) electrons. The van der Waals surface area contributed by atoms with Crippen LogP contribution < -0.4 is 10.2 Å². The second-order valence-electron chi connectivity index (χ2n) is 4.29. The van der Waals surface area contributed by atoms with Crippen molar-refractivity contribution in [3.05, 3.63) is 52.8 Å². The van der Waals surface area contributed by atoms with Gasteiger partial charge in [-0.25, -0.2) is 0 Å². The van der Waals surface area contributed by atoms with Gasteiger partial charge in [-0.3, -0.25) is 9.78 Å². The normalized spacial score (nSPS) is 10.1. The second kappa shape index (κ2) is 5.84. The van der Waals surface area contributed by atoms with Gasteiger partial charge in [0.2, 0.25) is 0 Å². The summed E-state index contributed by atoms with van der Waals surface area (Å²) in [5, 5.41) is 2.80. The molecule has 1 N–H and O–H groups in total. The molecule has 1 amide bonds. The molecule has 1 aromatic heterocycles. The summed E-state index contributed by atoms with van der Waals surface area (Å²) < 4.78 is 0.827. The lowest BCUT2D eigenvalue weighted by molar-refractivity contribution is 0.102. The minimum Gasteiger partial charge on any atom is -0.378 e. The van der Waals surface area contributed by atoms with Gasteiger partial charge in [0.15, 0.2) is 0 Å². The number of halogens is 1. The minimum atomic E-state index is -0.148. The van der Waals surface area contributed by atoms with E-state index in [2.05, 4.69) is 26.2 Å². The van der Waals surface area contributed by atoms with Crippen molar-refractivity contribution in [2.45, 2.75) is 0 Å². The van der Waals surface area contributed by atoms with E-state index in [0.29, 0.717) is 11.3 Å². The van der Waals surface area contributed by atoms with Crippen molar-refractivity contribution in [3.8, 4) is 0 Å². The summed E-state index contributed by atoms with van der Waals surface area (Å²) in [6.45, 7) is 0. The van der Waals surface area contributed by atoms with Crippen LogP contribution in [0.25, 0.3) is 0 Å². The second-order valence-corrected chi connectivity index (χ2v) is 5.20. The highest BCUT2D eigenvalue weighted by molar-refractivity contribution is 9.10. The van der Waals surface area contributed by atoms with Crippen LogP contribution >= 0.6 is 15.9 Å². The number of rotatable bonds is 3. The first kappa shape index (κ1) is 13.5. The van der Waals surface area contributed by atoms with Gasteiger partial charge in [0, 0.05) is 36.0 Å². The lowest BCUT2D eigenvalue weighted by atomic mass is 10.2. The van der Waals surface area contributed by atoms with Crippen molar-refractivity contribution in [2.75, 3.05) is 24.3 Å². The molecule has 2 rings (SSSR count). The highest BCUT2D eigenvalue weighted by Gasteiger charge is 2.06. The molecule has 0 aliphatic rings. The number of anilines is 2. The number of carbonyl (C=O) groups is 1.